The van der Waals surface area contributed by atoms with Gasteiger partial charge in [0.2, 0.25) is 0 Å². The van der Waals surface area contributed by atoms with E-state index in [1.54, 1.807) is 11.8 Å². The Labute approximate surface area is 123 Å². The highest BCUT2D eigenvalue weighted by atomic mass is 32.2. The van der Waals surface area contributed by atoms with E-state index in [0.717, 1.165) is 16.1 Å². The minimum atomic E-state index is -0.159. The molecule has 1 amide bonds. The van der Waals surface area contributed by atoms with Crippen LogP contribution in [0.5, 0.6) is 5.75 Å². The molecule has 2 rings (SSSR count). The van der Waals surface area contributed by atoms with Crippen molar-refractivity contribution in [3.05, 3.63) is 54.1 Å². The number of amides is 1. The summed E-state index contributed by atoms with van der Waals surface area (Å²) in [6, 6.07) is 15.4. The van der Waals surface area contributed by atoms with E-state index in [0.29, 0.717) is 5.75 Å². The fourth-order valence-electron chi connectivity index (χ4n) is 1.79. The molecule has 0 fully saturated rings. The summed E-state index contributed by atoms with van der Waals surface area (Å²) < 4.78 is 5.48. The van der Waals surface area contributed by atoms with Gasteiger partial charge >= 0.3 is 0 Å². The number of benzene rings is 2. The molecule has 2 aromatic rings. The van der Waals surface area contributed by atoms with Crippen molar-refractivity contribution in [2.75, 3.05) is 18.2 Å². The zero-order chi connectivity index (χ0) is 14.4. The third-order valence-electron chi connectivity index (χ3n) is 2.74. The van der Waals surface area contributed by atoms with Gasteiger partial charge in [-0.25, -0.2) is 0 Å². The van der Waals surface area contributed by atoms with Crippen LogP contribution in [0.2, 0.25) is 0 Å². The fraction of sp³-hybridized carbons (Fsp3) is 0.188. The Hall–Kier alpha value is -1.94. The molecule has 0 saturated heterocycles. The summed E-state index contributed by atoms with van der Waals surface area (Å²) in [5.74, 6) is 0.548. The first-order valence-corrected chi connectivity index (χ1v) is 7.54. The second kappa shape index (κ2) is 7.01. The number of rotatable bonds is 5. The van der Waals surface area contributed by atoms with E-state index >= 15 is 0 Å². The lowest BCUT2D eigenvalue weighted by atomic mass is 10.2. The van der Waals surface area contributed by atoms with Crippen molar-refractivity contribution in [1.29, 1.82) is 0 Å². The third-order valence-corrected chi connectivity index (χ3v) is 3.54. The van der Waals surface area contributed by atoms with E-state index in [2.05, 4.69) is 5.32 Å². The van der Waals surface area contributed by atoms with Crippen LogP contribution in [0.15, 0.2) is 53.4 Å². The molecule has 0 bridgehead atoms. The Morgan fingerprint density at radius 2 is 2.00 bits per heavy atom. The lowest BCUT2D eigenvalue weighted by molar-refractivity contribution is -0.118. The van der Waals surface area contributed by atoms with E-state index in [-0.39, 0.29) is 12.5 Å². The zero-order valence-electron chi connectivity index (χ0n) is 11.6. The normalized spacial score (nSPS) is 10.1. The lowest BCUT2D eigenvalue weighted by Crippen LogP contribution is -2.20. The summed E-state index contributed by atoms with van der Waals surface area (Å²) in [5, 5.41) is 2.86. The van der Waals surface area contributed by atoms with Crippen LogP contribution in [0.4, 0.5) is 5.69 Å². The summed E-state index contributed by atoms with van der Waals surface area (Å²) >= 11 is 1.60. The molecule has 1 N–H and O–H groups in total. The number of anilines is 1. The van der Waals surface area contributed by atoms with Crippen LogP contribution in [-0.2, 0) is 4.79 Å². The topological polar surface area (TPSA) is 38.3 Å². The van der Waals surface area contributed by atoms with Gasteiger partial charge in [-0.15, -0.1) is 11.8 Å². The molecule has 4 heteroatoms. The van der Waals surface area contributed by atoms with E-state index in [1.165, 1.54) is 0 Å². The number of hydrogen-bond acceptors (Lipinski definition) is 3. The van der Waals surface area contributed by atoms with Gasteiger partial charge < -0.3 is 10.1 Å². The fourth-order valence-corrected chi connectivity index (χ4v) is 2.34. The average molecular weight is 287 g/mol. The number of thioether (sulfide) groups is 1. The SMILES string of the molecule is CSc1ccccc1NC(=O)COc1cccc(C)c1. The van der Waals surface area contributed by atoms with E-state index in [9.17, 15) is 4.79 Å². The summed E-state index contributed by atoms with van der Waals surface area (Å²) in [5.41, 5.74) is 1.92. The molecule has 3 nitrogen and oxygen atoms in total. The number of nitrogens with one attached hydrogen (secondary N) is 1. The van der Waals surface area contributed by atoms with Crippen molar-refractivity contribution in [2.24, 2.45) is 0 Å². The van der Waals surface area contributed by atoms with E-state index in [4.69, 9.17) is 4.74 Å². The van der Waals surface area contributed by atoms with Gasteiger partial charge in [-0.3, -0.25) is 4.79 Å². The van der Waals surface area contributed by atoms with Gasteiger partial charge in [-0.05, 0) is 43.0 Å². The van der Waals surface area contributed by atoms with Crippen LogP contribution in [0.25, 0.3) is 0 Å². The molecule has 0 saturated carbocycles. The van der Waals surface area contributed by atoms with Crippen LogP contribution in [0.1, 0.15) is 5.56 Å². The summed E-state index contributed by atoms with van der Waals surface area (Å²) in [7, 11) is 0. The van der Waals surface area contributed by atoms with Gasteiger partial charge in [0.15, 0.2) is 6.61 Å². The molecular formula is C16H17NO2S. The first-order valence-electron chi connectivity index (χ1n) is 6.31. The van der Waals surface area contributed by atoms with Crippen molar-refractivity contribution < 1.29 is 9.53 Å². The van der Waals surface area contributed by atoms with Gasteiger partial charge in [0.05, 0.1) is 5.69 Å². The van der Waals surface area contributed by atoms with Crippen LogP contribution in [0.3, 0.4) is 0 Å². The first-order chi connectivity index (χ1) is 9.69. The number of hydrogen-bond donors (Lipinski definition) is 1. The van der Waals surface area contributed by atoms with Crippen LogP contribution < -0.4 is 10.1 Å². The molecule has 0 heterocycles. The molecular weight excluding hydrogens is 270 g/mol. The lowest BCUT2D eigenvalue weighted by Gasteiger charge is -2.10. The van der Waals surface area contributed by atoms with Crippen molar-refractivity contribution in [2.45, 2.75) is 11.8 Å². The van der Waals surface area contributed by atoms with Gasteiger partial charge in [-0.1, -0.05) is 24.3 Å². The number of para-hydroxylation sites is 1. The van der Waals surface area contributed by atoms with Gasteiger partial charge in [0.1, 0.15) is 5.75 Å². The molecule has 0 aliphatic rings. The second-order valence-corrected chi connectivity index (χ2v) is 5.20. The molecule has 0 aliphatic heterocycles. The third kappa shape index (κ3) is 4.03. The average Bonchev–Trinajstić information content (AvgIpc) is 2.46. The molecule has 0 atom stereocenters. The van der Waals surface area contributed by atoms with Crippen molar-refractivity contribution in [3.63, 3.8) is 0 Å². The Bertz CT molecular complexity index is 599. The Balaban J connectivity index is 1.93. The standard InChI is InChI=1S/C16H17NO2S/c1-12-6-5-7-13(10-12)19-11-16(18)17-14-8-3-4-9-15(14)20-2/h3-10H,11H2,1-2H3,(H,17,18). The van der Waals surface area contributed by atoms with Crippen LogP contribution in [0, 0.1) is 6.92 Å². The number of carbonyl (C=O) groups is 1. The maximum Gasteiger partial charge on any atom is 0.262 e. The predicted octanol–water partition coefficient (Wildman–Crippen LogP) is 3.73. The van der Waals surface area contributed by atoms with Gasteiger partial charge in [-0.2, -0.15) is 0 Å². The van der Waals surface area contributed by atoms with E-state index in [1.807, 2.05) is 61.7 Å². The van der Waals surface area contributed by atoms with Crippen molar-refractivity contribution in [3.8, 4) is 5.75 Å². The zero-order valence-corrected chi connectivity index (χ0v) is 12.4. The molecule has 0 spiro atoms. The highest BCUT2D eigenvalue weighted by molar-refractivity contribution is 7.98. The molecule has 0 unspecified atom stereocenters. The minimum absolute atomic E-state index is 0.00612. The monoisotopic (exact) mass is 287 g/mol. The number of aryl methyl sites for hydroxylation is 1. The highest BCUT2D eigenvalue weighted by Gasteiger charge is 2.06. The molecule has 0 aromatic heterocycles. The van der Waals surface area contributed by atoms with Crippen molar-refractivity contribution >= 4 is 23.4 Å². The molecule has 104 valence electrons. The second-order valence-electron chi connectivity index (χ2n) is 4.35. The smallest absolute Gasteiger partial charge is 0.262 e. The number of ether oxygens (including phenoxy) is 1. The van der Waals surface area contributed by atoms with Crippen LogP contribution >= 0.6 is 11.8 Å². The highest BCUT2D eigenvalue weighted by Crippen LogP contribution is 2.24. The maximum absolute atomic E-state index is 11.9. The molecule has 2 aromatic carbocycles. The Kier molecular flexibility index (Phi) is 5.07. The van der Waals surface area contributed by atoms with Crippen LogP contribution in [-0.4, -0.2) is 18.8 Å². The van der Waals surface area contributed by atoms with Crippen molar-refractivity contribution in [1.82, 2.24) is 0 Å². The molecule has 0 aliphatic carbocycles. The molecule has 0 radical (unpaired) electrons. The minimum Gasteiger partial charge on any atom is -0.484 e. The Morgan fingerprint density at radius 3 is 2.75 bits per heavy atom. The van der Waals surface area contributed by atoms with E-state index < -0.39 is 0 Å². The van der Waals surface area contributed by atoms with Gasteiger partial charge in [0, 0.05) is 4.90 Å². The largest absolute Gasteiger partial charge is 0.484 e. The predicted molar refractivity (Wildman–Crippen MR) is 83.5 cm³/mol. The summed E-state index contributed by atoms with van der Waals surface area (Å²) in [6.45, 7) is 1.99. The quantitative estimate of drug-likeness (QED) is 0.851. The molecule has 20 heavy (non-hydrogen) atoms. The summed E-state index contributed by atoms with van der Waals surface area (Å²) in [6.07, 6.45) is 1.98. The summed E-state index contributed by atoms with van der Waals surface area (Å²) in [4.78, 5) is 12.9. The van der Waals surface area contributed by atoms with Gasteiger partial charge in [0.25, 0.3) is 5.91 Å². The maximum atomic E-state index is 11.9. The number of carbonyl (C=O) groups excluding carboxylic acids is 1. The Morgan fingerprint density at radius 1 is 1.20 bits per heavy atom. The first kappa shape index (κ1) is 14.5.